The van der Waals surface area contributed by atoms with E-state index < -0.39 is 5.82 Å². The number of H-pyrrole nitrogens is 1. The van der Waals surface area contributed by atoms with Crippen LogP contribution in [0.15, 0.2) is 36.7 Å². The van der Waals surface area contributed by atoms with E-state index in [1.807, 2.05) is 6.92 Å². The van der Waals surface area contributed by atoms with Gasteiger partial charge in [-0.1, -0.05) is 19.1 Å². The zero-order chi connectivity index (χ0) is 15.1. The number of benzene rings is 1. The number of imidazole rings is 1. The predicted molar refractivity (Wildman–Crippen MR) is 76.3 cm³/mol. The number of nitrogens with one attached hydrogen (secondary N) is 2. The van der Waals surface area contributed by atoms with Crippen LogP contribution in [0, 0.1) is 5.82 Å². The van der Waals surface area contributed by atoms with Gasteiger partial charge in [0, 0.05) is 12.4 Å². The molecular weight excluding hydrogens is 273 g/mol. The molecule has 0 fully saturated rings. The van der Waals surface area contributed by atoms with Gasteiger partial charge in [-0.15, -0.1) is 0 Å². The molecule has 0 saturated carbocycles. The molecule has 0 bridgehead atoms. The molecule has 2 N–H and O–H groups in total. The molecule has 1 heterocycles. The van der Waals surface area contributed by atoms with Crippen LogP contribution in [0.2, 0.25) is 0 Å². The van der Waals surface area contributed by atoms with E-state index in [1.165, 1.54) is 12.1 Å². The summed E-state index contributed by atoms with van der Waals surface area (Å²) < 4.78 is 18.6. The quantitative estimate of drug-likeness (QED) is 0.824. The molecule has 1 unspecified atom stereocenters. The fraction of sp³-hybridized carbons (Fsp3) is 0.333. The van der Waals surface area contributed by atoms with Crippen LogP contribution in [-0.2, 0) is 4.79 Å². The molecule has 1 atom stereocenters. The van der Waals surface area contributed by atoms with Crippen molar-refractivity contribution in [3.05, 3.63) is 48.3 Å². The van der Waals surface area contributed by atoms with E-state index in [1.54, 1.807) is 24.5 Å². The van der Waals surface area contributed by atoms with Crippen molar-refractivity contribution in [3.8, 4) is 5.75 Å². The maximum Gasteiger partial charge on any atom is 0.224 e. The summed E-state index contributed by atoms with van der Waals surface area (Å²) >= 11 is 0. The molecule has 5 nitrogen and oxygen atoms in total. The highest BCUT2D eigenvalue weighted by Gasteiger charge is 2.14. The average molecular weight is 291 g/mol. The number of carbonyl (C=O) groups is 1. The van der Waals surface area contributed by atoms with Crippen molar-refractivity contribution in [2.24, 2.45) is 0 Å². The highest BCUT2D eigenvalue weighted by atomic mass is 19.1. The van der Waals surface area contributed by atoms with Gasteiger partial charge in [-0.25, -0.2) is 9.37 Å². The van der Waals surface area contributed by atoms with Crippen LogP contribution >= 0.6 is 0 Å². The standard InChI is InChI=1S/C15H18FN3O2/c1-2-12(15-17-8-9-18-15)19-14(20)7-10-21-13-6-4-3-5-11(13)16/h3-6,8-9,12H,2,7,10H2,1H3,(H,17,18)(H,19,20). The maximum atomic E-state index is 13.3. The Labute approximate surface area is 122 Å². The number of rotatable bonds is 7. The summed E-state index contributed by atoms with van der Waals surface area (Å²) in [5.41, 5.74) is 0. The third-order valence-electron chi connectivity index (χ3n) is 3.02. The summed E-state index contributed by atoms with van der Waals surface area (Å²) in [5.74, 6) is 0.291. The topological polar surface area (TPSA) is 67.0 Å². The van der Waals surface area contributed by atoms with Gasteiger partial charge in [0.15, 0.2) is 11.6 Å². The van der Waals surface area contributed by atoms with Gasteiger partial charge >= 0.3 is 0 Å². The smallest absolute Gasteiger partial charge is 0.224 e. The summed E-state index contributed by atoms with van der Waals surface area (Å²) in [5, 5.41) is 2.86. The third-order valence-corrected chi connectivity index (χ3v) is 3.02. The fourth-order valence-corrected chi connectivity index (χ4v) is 1.91. The Hall–Kier alpha value is -2.37. The van der Waals surface area contributed by atoms with Crippen LogP contribution in [0.4, 0.5) is 4.39 Å². The monoisotopic (exact) mass is 291 g/mol. The van der Waals surface area contributed by atoms with E-state index in [4.69, 9.17) is 4.74 Å². The van der Waals surface area contributed by atoms with Gasteiger partial charge in [-0.05, 0) is 18.6 Å². The molecule has 0 saturated heterocycles. The molecule has 2 rings (SSSR count). The van der Waals surface area contributed by atoms with Crippen LogP contribution in [0.1, 0.15) is 31.6 Å². The molecule has 1 aromatic heterocycles. The van der Waals surface area contributed by atoms with Gasteiger partial charge in [-0.2, -0.15) is 0 Å². The zero-order valence-corrected chi connectivity index (χ0v) is 11.8. The Balaban J connectivity index is 1.78. The lowest BCUT2D eigenvalue weighted by molar-refractivity contribution is -0.122. The number of nitrogens with zero attached hydrogens (tertiary/aromatic N) is 1. The van der Waals surface area contributed by atoms with Crippen molar-refractivity contribution in [1.82, 2.24) is 15.3 Å². The van der Waals surface area contributed by atoms with Gasteiger partial charge < -0.3 is 15.0 Å². The number of aromatic nitrogens is 2. The molecule has 0 aliphatic heterocycles. The van der Waals surface area contributed by atoms with E-state index in [0.29, 0.717) is 0 Å². The van der Waals surface area contributed by atoms with Crippen LogP contribution in [0.25, 0.3) is 0 Å². The molecule has 0 aliphatic rings. The molecular formula is C15H18FN3O2. The molecule has 21 heavy (non-hydrogen) atoms. The predicted octanol–water partition coefficient (Wildman–Crippen LogP) is 2.59. The molecule has 1 amide bonds. The number of amides is 1. The van der Waals surface area contributed by atoms with Crippen LogP contribution in [-0.4, -0.2) is 22.5 Å². The third kappa shape index (κ3) is 4.30. The molecule has 0 aliphatic carbocycles. The summed E-state index contributed by atoms with van der Waals surface area (Å²) in [7, 11) is 0. The Morgan fingerprint density at radius 1 is 1.48 bits per heavy atom. The van der Waals surface area contributed by atoms with Gasteiger partial charge in [0.05, 0.1) is 19.1 Å². The average Bonchev–Trinajstić information content (AvgIpc) is 3.01. The lowest BCUT2D eigenvalue weighted by Crippen LogP contribution is -2.29. The van der Waals surface area contributed by atoms with Crippen LogP contribution in [0.5, 0.6) is 5.75 Å². The number of hydrogen-bond acceptors (Lipinski definition) is 3. The van der Waals surface area contributed by atoms with Crippen molar-refractivity contribution in [2.45, 2.75) is 25.8 Å². The SMILES string of the molecule is CCC(NC(=O)CCOc1ccccc1F)c1ncc[nH]1. The molecule has 0 radical (unpaired) electrons. The number of halogens is 1. The van der Waals surface area contributed by atoms with Crippen molar-refractivity contribution < 1.29 is 13.9 Å². The summed E-state index contributed by atoms with van der Waals surface area (Å²) in [6, 6.07) is 5.97. The first-order valence-corrected chi connectivity index (χ1v) is 6.86. The van der Waals surface area contributed by atoms with E-state index in [9.17, 15) is 9.18 Å². The largest absolute Gasteiger partial charge is 0.490 e. The fourth-order valence-electron chi connectivity index (χ4n) is 1.91. The van der Waals surface area contributed by atoms with Crippen LogP contribution in [0.3, 0.4) is 0 Å². The van der Waals surface area contributed by atoms with Crippen molar-refractivity contribution >= 4 is 5.91 Å². The summed E-state index contributed by atoms with van der Waals surface area (Å²) in [6.45, 7) is 2.09. The van der Waals surface area contributed by atoms with E-state index in [-0.39, 0.29) is 30.7 Å². The van der Waals surface area contributed by atoms with E-state index in [2.05, 4.69) is 15.3 Å². The van der Waals surface area contributed by atoms with E-state index in [0.717, 1.165) is 12.2 Å². The number of hydrogen-bond donors (Lipinski definition) is 2. The zero-order valence-electron chi connectivity index (χ0n) is 11.8. The molecule has 2 aromatic rings. The lowest BCUT2D eigenvalue weighted by Gasteiger charge is -2.14. The Morgan fingerprint density at radius 3 is 2.95 bits per heavy atom. The Morgan fingerprint density at radius 2 is 2.29 bits per heavy atom. The normalized spacial score (nSPS) is 11.9. The number of aromatic amines is 1. The first-order valence-electron chi connectivity index (χ1n) is 6.86. The highest BCUT2D eigenvalue weighted by Crippen LogP contribution is 2.15. The molecule has 6 heteroatoms. The van der Waals surface area contributed by atoms with Crippen molar-refractivity contribution in [3.63, 3.8) is 0 Å². The Bertz CT molecular complexity index is 572. The van der Waals surface area contributed by atoms with Crippen LogP contribution < -0.4 is 10.1 Å². The minimum atomic E-state index is -0.431. The van der Waals surface area contributed by atoms with Gasteiger partial charge in [-0.3, -0.25) is 4.79 Å². The first-order chi connectivity index (χ1) is 10.2. The molecule has 0 spiro atoms. The van der Waals surface area contributed by atoms with Gasteiger partial charge in [0.1, 0.15) is 5.82 Å². The number of ether oxygens (including phenoxy) is 1. The van der Waals surface area contributed by atoms with Gasteiger partial charge in [0.25, 0.3) is 0 Å². The van der Waals surface area contributed by atoms with Crippen molar-refractivity contribution in [2.75, 3.05) is 6.61 Å². The minimum Gasteiger partial charge on any atom is -0.490 e. The summed E-state index contributed by atoms with van der Waals surface area (Å²) in [4.78, 5) is 19.0. The van der Waals surface area contributed by atoms with Gasteiger partial charge in [0.2, 0.25) is 5.91 Å². The lowest BCUT2D eigenvalue weighted by atomic mass is 10.2. The minimum absolute atomic E-state index is 0.126. The Kier molecular flexibility index (Phi) is 5.31. The molecule has 112 valence electrons. The summed E-state index contributed by atoms with van der Waals surface area (Å²) in [6.07, 6.45) is 4.25. The van der Waals surface area contributed by atoms with E-state index >= 15 is 0 Å². The number of carbonyl (C=O) groups excluding carboxylic acids is 1. The van der Waals surface area contributed by atoms with Crippen molar-refractivity contribution in [1.29, 1.82) is 0 Å². The first kappa shape index (κ1) is 15.0. The number of para-hydroxylation sites is 1. The maximum absolute atomic E-state index is 13.3. The highest BCUT2D eigenvalue weighted by molar-refractivity contribution is 5.76. The second-order valence-corrected chi connectivity index (χ2v) is 4.53. The second kappa shape index (κ2) is 7.42. The second-order valence-electron chi connectivity index (χ2n) is 4.53. The molecule has 1 aromatic carbocycles.